The summed E-state index contributed by atoms with van der Waals surface area (Å²) >= 11 is 11.9. The van der Waals surface area contributed by atoms with Crippen LogP contribution in [0.4, 0.5) is 0 Å². The van der Waals surface area contributed by atoms with Crippen molar-refractivity contribution >= 4 is 41.2 Å². The summed E-state index contributed by atoms with van der Waals surface area (Å²) in [5.74, 6) is -0.739. The zero-order chi connectivity index (χ0) is 20.5. The lowest BCUT2D eigenvalue weighted by atomic mass is 10.2. The fraction of sp³-hybridized carbons (Fsp3) is 0.250. The number of amides is 2. The predicted molar refractivity (Wildman–Crippen MR) is 111 cm³/mol. The molecule has 0 aliphatic carbocycles. The number of hydrazone groups is 1. The van der Waals surface area contributed by atoms with Gasteiger partial charge in [0.25, 0.3) is 0 Å². The lowest BCUT2D eigenvalue weighted by molar-refractivity contribution is -0.139. The molecule has 0 fully saturated rings. The Morgan fingerprint density at radius 1 is 1.11 bits per heavy atom. The first-order chi connectivity index (χ1) is 13.4. The van der Waals surface area contributed by atoms with Gasteiger partial charge in [0.2, 0.25) is 0 Å². The van der Waals surface area contributed by atoms with Crippen LogP contribution in [0.1, 0.15) is 25.0 Å². The van der Waals surface area contributed by atoms with E-state index in [0.717, 1.165) is 5.56 Å². The highest BCUT2D eigenvalue weighted by Gasteiger charge is 2.12. The molecule has 148 valence electrons. The summed E-state index contributed by atoms with van der Waals surface area (Å²) in [5, 5.41) is 7.28. The number of carbonyl (C=O) groups excluding carboxylic acids is 2. The van der Waals surface area contributed by atoms with Crippen molar-refractivity contribution in [3.8, 4) is 5.75 Å². The molecule has 6 nitrogen and oxygen atoms in total. The Kier molecular flexibility index (Phi) is 8.29. The average Bonchev–Trinajstić information content (AvgIpc) is 2.67. The molecule has 0 saturated heterocycles. The van der Waals surface area contributed by atoms with E-state index in [1.54, 1.807) is 24.3 Å². The quantitative estimate of drug-likeness (QED) is 0.405. The number of para-hydroxylation sites is 1. The van der Waals surface area contributed by atoms with Crippen molar-refractivity contribution in [2.24, 2.45) is 11.0 Å². The van der Waals surface area contributed by atoms with Crippen molar-refractivity contribution in [1.29, 1.82) is 0 Å². The first-order valence-electron chi connectivity index (χ1n) is 8.63. The zero-order valence-corrected chi connectivity index (χ0v) is 17.1. The molecular weight excluding hydrogens is 401 g/mol. The molecule has 0 bridgehead atoms. The van der Waals surface area contributed by atoms with Gasteiger partial charge in [0.15, 0.2) is 0 Å². The first kappa shape index (κ1) is 21.7. The molecular formula is C20H21Cl2N3O3. The average molecular weight is 422 g/mol. The summed E-state index contributed by atoms with van der Waals surface area (Å²) in [6, 6.07) is 12.4. The summed E-state index contributed by atoms with van der Waals surface area (Å²) in [4.78, 5) is 23.3. The van der Waals surface area contributed by atoms with Gasteiger partial charge in [-0.15, -0.1) is 0 Å². The largest absolute Gasteiger partial charge is 0.488 e. The minimum Gasteiger partial charge on any atom is -0.488 e. The van der Waals surface area contributed by atoms with Crippen LogP contribution in [0, 0.1) is 5.92 Å². The van der Waals surface area contributed by atoms with Gasteiger partial charge < -0.3 is 10.1 Å². The number of carbonyl (C=O) groups is 2. The third kappa shape index (κ3) is 6.87. The molecule has 2 rings (SSSR count). The first-order valence-corrected chi connectivity index (χ1v) is 9.39. The number of benzene rings is 2. The topological polar surface area (TPSA) is 79.8 Å². The number of rotatable bonds is 7. The second kappa shape index (κ2) is 10.7. The third-order valence-corrected chi connectivity index (χ3v) is 4.28. The van der Waals surface area contributed by atoms with Crippen LogP contribution in [0.3, 0.4) is 0 Å². The third-order valence-electron chi connectivity index (χ3n) is 3.54. The second-order valence-corrected chi connectivity index (χ2v) is 7.19. The van der Waals surface area contributed by atoms with Gasteiger partial charge in [-0.05, 0) is 35.7 Å². The van der Waals surface area contributed by atoms with Gasteiger partial charge in [0.05, 0.1) is 16.3 Å². The predicted octanol–water partition coefficient (Wildman–Crippen LogP) is 3.79. The number of halogens is 2. The van der Waals surface area contributed by atoms with Crippen molar-refractivity contribution in [2.75, 3.05) is 6.54 Å². The Balaban J connectivity index is 1.95. The van der Waals surface area contributed by atoms with Gasteiger partial charge in [0.1, 0.15) is 12.4 Å². The Bertz CT molecular complexity index is 870. The highest BCUT2D eigenvalue weighted by Crippen LogP contribution is 2.24. The highest BCUT2D eigenvalue weighted by molar-refractivity contribution is 6.42. The summed E-state index contributed by atoms with van der Waals surface area (Å²) in [5.41, 5.74) is 3.70. The molecule has 0 saturated carbocycles. The molecule has 0 unspecified atom stereocenters. The maximum absolute atomic E-state index is 11.7. The van der Waals surface area contributed by atoms with E-state index in [1.165, 1.54) is 6.21 Å². The van der Waals surface area contributed by atoms with Crippen LogP contribution in [-0.4, -0.2) is 24.6 Å². The number of hydrogen-bond donors (Lipinski definition) is 2. The van der Waals surface area contributed by atoms with Gasteiger partial charge in [-0.3, -0.25) is 9.59 Å². The Hall–Kier alpha value is -2.57. The Labute approximate surface area is 173 Å². The molecule has 2 aromatic rings. The van der Waals surface area contributed by atoms with Crippen LogP contribution in [-0.2, 0) is 16.2 Å². The molecule has 8 heteroatoms. The Morgan fingerprint density at radius 2 is 1.86 bits per heavy atom. The van der Waals surface area contributed by atoms with E-state index in [9.17, 15) is 9.59 Å². The molecule has 2 amide bonds. The standard InChI is InChI=1S/C20H21Cl2N3O3/c1-13(2)10-23-19(26)20(27)25-24-11-15-5-3-4-6-18(15)28-12-14-7-8-16(21)17(22)9-14/h3-9,11,13H,10,12H2,1-2H3,(H,23,26)(H,25,27)/b24-11-. The van der Waals surface area contributed by atoms with Gasteiger partial charge in [-0.25, -0.2) is 5.43 Å². The normalized spacial score (nSPS) is 10.9. The van der Waals surface area contributed by atoms with Crippen LogP contribution < -0.4 is 15.5 Å². The van der Waals surface area contributed by atoms with Crippen LogP contribution >= 0.6 is 23.2 Å². The van der Waals surface area contributed by atoms with Gasteiger partial charge >= 0.3 is 11.8 Å². The van der Waals surface area contributed by atoms with Crippen molar-refractivity contribution < 1.29 is 14.3 Å². The molecule has 2 N–H and O–H groups in total. The van der Waals surface area contributed by atoms with Crippen molar-refractivity contribution in [3.05, 3.63) is 63.6 Å². The molecule has 0 radical (unpaired) electrons. The minimum absolute atomic E-state index is 0.250. The molecule has 2 aromatic carbocycles. The molecule has 0 aromatic heterocycles. The fourth-order valence-electron chi connectivity index (χ4n) is 2.10. The summed E-state index contributed by atoms with van der Waals surface area (Å²) in [6.07, 6.45) is 1.41. The SMILES string of the molecule is CC(C)CNC(=O)C(=O)N/N=C\c1ccccc1OCc1ccc(Cl)c(Cl)c1. The Morgan fingerprint density at radius 3 is 2.57 bits per heavy atom. The number of hydrogen-bond acceptors (Lipinski definition) is 4. The molecule has 28 heavy (non-hydrogen) atoms. The summed E-state index contributed by atoms with van der Waals surface area (Å²) in [7, 11) is 0. The van der Waals surface area contributed by atoms with E-state index < -0.39 is 11.8 Å². The van der Waals surface area contributed by atoms with E-state index in [2.05, 4.69) is 15.8 Å². The summed E-state index contributed by atoms with van der Waals surface area (Å²) < 4.78 is 5.80. The van der Waals surface area contributed by atoms with Gasteiger partial charge in [0, 0.05) is 12.1 Å². The van der Waals surface area contributed by atoms with Gasteiger partial charge in [-0.1, -0.05) is 55.2 Å². The van der Waals surface area contributed by atoms with Crippen molar-refractivity contribution in [3.63, 3.8) is 0 Å². The van der Waals surface area contributed by atoms with Crippen LogP contribution in [0.25, 0.3) is 0 Å². The van der Waals surface area contributed by atoms with E-state index in [0.29, 0.717) is 27.9 Å². The lowest BCUT2D eigenvalue weighted by Gasteiger charge is -2.10. The molecule has 0 aliphatic heterocycles. The van der Waals surface area contributed by atoms with E-state index in [1.807, 2.05) is 32.0 Å². The highest BCUT2D eigenvalue weighted by atomic mass is 35.5. The van der Waals surface area contributed by atoms with E-state index in [-0.39, 0.29) is 12.5 Å². The van der Waals surface area contributed by atoms with Crippen LogP contribution in [0.15, 0.2) is 47.6 Å². The molecule has 0 spiro atoms. The van der Waals surface area contributed by atoms with E-state index >= 15 is 0 Å². The second-order valence-electron chi connectivity index (χ2n) is 6.38. The van der Waals surface area contributed by atoms with Crippen LogP contribution in [0.5, 0.6) is 5.75 Å². The van der Waals surface area contributed by atoms with Crippen LogP contribution in [0.2, 0.25) is 10.0 Å². The lowest BCUT2D eigenvalue weighted by Crippen LogP contribution is -2.39. The van der Waals surface area contributed by atoms with E-state index in [4.69, 9.17) is 27.9 Å². The number of ether oxygens (including phenoxy) is 1. The van der Waals surface area contributed by atoms with Crippen molar-refractivity contribution in [2.45, 2.75) is 20.5 Å². The maximum Gasteiger partial charge on any atom is 0.329 e. The monoisotopic (exact) mass is 421 g/mol. The minimum atomic E-state index is -0.828. The zero-order valence-electron chi connectivity index (χ0n) is 15.5. The maximum atomic E-state index is 11.7. The molecule has 0 heterocycles. The van der Waals surface area contributed by atoms with Gasteiger partial charge in [-0.2, -0.15) is 5.10 Å². The fourth-order valence-corrected chi connectivity index (χ4v) is 2.42. The van der Waals surface area contributed by atoms with Crippen molar-refractivity contribution in [1.82, 2.24) is 10.7 Å². The molecule has 0 aliphatic rings. The molecule has 0 atom stereocenters. The number of nitrogens with zero attached hydrogens (tertiary/aromatic N) is 1. The summed E-state index contributed by atoms with van der Waals surface area (Å²) in [6.45, 7) is 4.57. The number of nitrogens with one attached hydrogen (secondary N) is 2. The smallest absolute Gasteiger partial charge is 0.329 e.